The number of rotatable bonds is 7. The average Bonchev–Trinajstić information content (AvgIpc) is 3.69. The van der Waals surface area contributed by atoms with Gasteiger partial charge in [0.1, 0.15) is 0 Å². The van der Waals surface area contributed by atoms with Crippen LogP contribution in [0.1, 0.15) is 170 Å². The van der Waals surface area contributed by atoms with E-state index in [1.807, 2.05) is 0 Å². The molecule has 0 aliphatic heterocycles. The first kappa shape index (κ1) is 31.7. The Hall–Kier alpha value is -0.260. The summed E-state index contributed by atoms with van der Waals surface area (Å²) < 4.78 is 0. The first-order chi connectivity index (χ1) is 20.0. The second-order valence-corrected chi connectivity index (χ2v) is 19.7. The maximum atomic E-state index is 2.88. The van der Waals surface area contributed by atoms with Crippen molar-refractivity contribution in [1.29, 1.82) is 0 Å². The lowest BCUT2D eigenvalue weighted by molar-refractivity contribution is -0.0177. The summed E-state index contributed by atoms with van der Waals surface area (Å²) in [6.07, 6.45) is 34.1. The molecule has 0 bridgehead atoms. The fourth-order valence-corrected chi connectivity index (χ4v) is 13.4. The van der Waals surface area contributed by atoms with Gasteiger partial charge in [0.2, 0.25) is 0 Å². The zero-order valence-corrected chi connectivity index (χ0v) is 29.4. The lowest BCUT2D eigenvalue weighted by Gasteiger charge is -2.51. The van der Waals surface area contributed by atoms with Gasteiger partial charge in [-0.15, -0.1) is 0 Å². The van der Waals surface area contributed by atoms with Gasteiger partial charge >= 0.3 is 0 Å². The molecule has 6 rings (SSSR count). The van der Waals surface area contributed by atoms with E-state index in [0.717, 1.165) is 65.1 Å². The normalized spacial score (nSPS) is 42.8. The van der Waals surface area contributed by atoms with Gasteiger partial charge in [-0.25, -0.2) is 0 Å². The van der Waals surface area contributed by atoms with Crippen LogP contribution < -0.4 is 0 Å². The molecule has 6 saturated carbocycles. The molecule has 42 heavy (non-hydrogen) atoms. The molecule has 10 unspecified atom stereocenters. The Morgan fingerprint density at radius 1 is 0.500 bits per heavy atom. The molecular formula is C42H72. The van der Waals surface area contributed by atoms with Crippen LogP contribution in [0.2, 0.25) is 0 Å². The van der Waals surface area contributed by atoms with Gasteiger partial charge in [-0.05, 0) is 171 Å². The number of fused-ring (bicyclic) bond motifs is 4. The Kier molecular flexibility index (Phi) is 9.44. The van der Waals surface area contributed by atoms with Gasteiger partial charge in [0.15, 0.2) is 0 Å². The van der Waals surface area contributed by atoms with E-state index in [9.17, 15) is 0 Å². The average molecular weight is 577 g/mol. The molecule has 240 valence electrons. The van der Waals surface area contributed by atoms with E-state index >= 15 is 0 Å². The zero-order chi connectivity index (χ0) is 29.7. The largest absolute Gasteiger partial charge is 0.0885 e. The van der Waals surface area contributed by atoms with Gasteiger partial charge in [0, 0.05) is 0 Å². The topological polar surface area (TPSA) is 0 Å². The Morgan fingerprint density at radius 2 is 1.07 bits per heavy atom. The van der Waals surface area contributed by atoms with Gasteiger partial charge in [0.05, 0.1) is 0 Å². The maximum absolute atomic E-state index is 2.88. The summed E-state index contributed by atoms with van der Waals surface area (Å²) in [4.78, 5) is 0. The van der Waals surface area contributed by atoms with Crippen molar-refractivity contribution >= 4 is 0 Å². The fourth-order valence-electron chi connectivity index (χ4n) is 13.4. The molecule has 0 heteroatoms. The standard InChI is InChI=1S/C42H72/c1-40(2,3)32-22-24-35-36-25-23-33(41(4,5)6)28-38(36)39(37(35)27-32)42(7,31-17-11-12-18-31)26-14-8-9-15-29-20-21-30-16-10-13-19-34(29)30/h8-9,29-39H,10-28H2,1-7H3. The summed E-state index contributed by atoms with van der Waals surface area (Å²) in [5.41, 5.74) is 1.49. The van der Waals surface area contributed by atoms with Crippen molar-refractivity contribution in [3.05, 3.63) is 12.2 Å². The summed E-state index contributed by atoms with van der Waals surface area (Å²) in [5, 5.41) is 0. The van der Waals surface area contributed by atoms with Crippen molar-refractivity contribution in [3.8, 4) is 0 Å². The van der Waals surface area contributed by atoms with E-state index in [2.05, 4.69) is 60.6 Å². The third-order valence-corrected chi connectivity index (χ3v) is 15.8. The molecule has 0 aromatic heterocycles. The van der Waals surface area contributed by atoms with Crippen LogP contribution in [0.5, 0.6) is 0 Å². The van der Waals surface area contributed by atoms with E-state index in [1.165, 1.54) is 77.0 Å². The van der Waals surface area contributed by atoms with Crippen LogP contribution in [-0.4, -0.2) is 0 Å². The third-order valence-electron chi connectivity index (χ3n) is 15.8. The SMILES string of the molecule is CC(C)(C)C1CCC2C3CCC(C(C)(C)C)CC3C(C(C)(CCC=CCC3CCC4CCCCC34)C3CCCC3)C2C1. The van der Waals surface area contributed by atoms with Crippen LogP contribution in [0, 0.1) is 81.3 Å². The molecule has 0 heterocycles. The second-order valence-electron chi connectivity index (χ2n) is 19.7. The molecule has 0 aromatic carbocycles. The fraction of sp³-hybridized carbons (Fsp3) is 0.952. The Bertz CT molecular complexity index is 867. The van der Waals surface area contributed by atoms with E-state index in [0.29, 0.717) is 16.2 Å². The summed E-state index contributed by atoms with van der Waals surface area (Å²) in [5.74, 6) is 11.1. The minimum Gasteiger partial charge on any atom is -0.0885 e. The van der Waals surface area contributed by atoms with Crippen LogP contribution in [-0.2, 0) is 0 Å². The van der Waals surface area contributed by atoms with Crippen molar-refractivity contribution in [2.24, 2.45) is 81.3 Å². The Labute approximate surface area is 263 Å². The number of hydrogen-bond donors (Lipinski definition) is 0. The van der Waals surface area contributed by atoms with Crippen molar-refractivity contribution in [3.63, 3.8) is 0 Å². The van der Waals surface area contributed by atoms with Crippen LogP contribution in [0.4, 0.5) is 0 Å². The highest BCUT2D eigenvalue weighted by Crippen LogP contribution is 2.68. The van der Waals surface area contributed by atoms with E-state index < -0.39 is 0 Å². The van der Waals surface area contributed by atoms with E-state index in [4.69, 9.17) is 0 Å². The second kappa shape index (κ2) is 12.5. The molecule has 0 spiro atoms. The predicted molar refractivity (Wildman–Crippen MR) is 182 cm³/mol. The van der Waals surface area contributed by atoms with Crippen molar-refractivity contribution in [1.82, 2.24) is 0 Å². The van der Waals surface area contributed by atoms with Crippen molar-refractivity contribution in [2.45, 2.75) is 170 Å². The monoisotopic (exact) mass is 577 g/mol. The smallest absolute Gasteiger partial charge is 0.0261 e. The van der Waals surface area contributed by atoms with E-state index in [-0.39, 0.29) is 0 Å². The van der Waals surface area contributed by atoms with Gasteiger partial charge < -0.3 is 0 Å². The summed E-state index contributed by atoms with van der Waals surface area (Å²) in [7, 11) is 0. The molecule has 0 nitrogen and oxygen atoms in total. The third kappa shape index (κ3) is 6.24. The lowest BCUT2D eigenvalue weighted by atomic mass is 9.54. The number of allylic oxidation sites excluding steroid dienone is 2. The summed E-state index contributed by atoms with van der Waals surface area (Å²) in [6, 6.07) is 0. The van der Waals surface area contributed by atoms with Gasteiger partial charge in [-0.3, -0.25) is 0 Å². The number of hydrogen-bond acceptors (Lipinski definition) is 0. The molecule has 0 saturated heterocycles. The molecule has 10 atom stereocenters. The zero-order valence-electron chi connectivity index (χ0n) is 29.4. The van der Waals surface area contributed by atoms with Crippen LogP contribution in [0.25, 0.3) is 0 Å². The molecule has 0 aromatic rings. The minimum absolute atomic E-state index is 0.474. The van der Waals surface area contributed by atoms with Gasteiger partial charge in [-0.2, -0.15) is 0 Å². The van der Waals surface area contributed by atoms with Crippen LogP contribution in [0.3, 0.4) is 0 Å². The van der Waals surface area contributed by atoms with Gasteiger partial charge in [0.25, 0.3) is 0 Å². The Balaban J connectivity index is 1.22. The van der Waals surface area contributed by atoms with E-state index in [1.54, 1.807) is 44.9 Å². The highest BCUT2D eigenvalue weighted by molar-refractivity contribution is 5.10. The molecule has 0 amide bonds. The first-order valence-electron chi connectivity index (χ1n) is 19.6. The van der Waals surface area contributed by atoms with Gasteiger partial charge in [-0.1, -0.05) is 92.7 Å². The molecule has 0 radical (unpaired) electrons. The van der Waals surface area contributed by atoms with Crippen LogP contribution >= 0.6 is 0 Å². The highest BCUT2D eigenvalue weighted by atomic mass is 14.7. The molecular weight excluding hydrogens is 504 g/mol. The first-order valence-corrected chi connectivity index (χ1v) is 19.6. The predicted octanol–water partition coefficient (Wildman–Crippen LogP) is 12.9. The molecule has 6 aliphatic carbocycles. The Morgan fingerprint density at radius 3 is 1.67 bits per heavy atom. The minimum atomic E-state index is 0.474. The van der Waals surface area contributed by atoms with Crippen LogP contribution in [0.15, 0.2) is 12.2 Å². The molecule has 0 N–H and O–H groups in total. The highest BCUT2D eigenvalue weighted by Gasteiger charge is 2.60. The quantitative estimate of drug-likeness (QED) is 0.264. The lowest BCUT2D eigenvalue weighted by Crippen LogP contribution is -2.43. The van der Waals surface area contributed by atoms with Crippen molar-refractivity contribution < 1.29 is 0 Å². The summed E-state index contributed by atoms with van der Waals surface area (Å²) >= 11 is 0. The summed E-state index contributed by atoms with van der Waals surface area (Å²) in [6.45, 7) is 18.2. The van der Waals surface area contributed by atoms with Crippen molar-refractivity contribution in [2.75, 3.05) is 0 Å². The molecule has 6 fully saturated rings. The molecule has 6 aliphatic rings. The maximum Gasteiger partial charge on any atom is -0.0261 e.